The Hall–Kier alpha value is -1.63. The van der Waals surface area contributed by atoms with E-state index >= 15 is 0 Å². The molecule has 5 nitrogen and oxygen atoms in total. The molecule has 1 aliphatic rings. The second-order valence-corrected chi connectivity index (χ2v) is 5.51. The van der Waals surface area contributed by atoms with Gasteiger partial charge in [0.15, 0.2) is 0 Å². The first-order chi connectivity index (χ1) is 10.0. The van der Waals surface area contributed by atoms with E-state index in [9.17, 15) is 9.18 Å². The fraction of sp³-hybridized carbons (Fsp3) is 0.231. The Bertz CT molecular complexity index is 680. The fourth-order valence-corrected chi connectivity index (χ4v) is 2.78. The molecule has 8 heteroatoms. The Labute approximate surface area is 129 Å². The number of nitrogens with zero attached hydrogens (tertiary/aromatic N) is 1. The number of aromatic amines is 1. The Kier molecular flexibility index (Phi) is 3.84. The van der Waals surface area contributed by atoms with Crippen LogP contribution in [0.2, 0.25) is 10.0 Å². The zero-order chi connectivity index (χ0) is 15.0. The maximum absolute atomic E-state index is 13.1. The van der Waals surface area contributed by atoms with Crippen molar-refractivity contribution >= 4 is 34.8 Å². The average Bonchev–Trinajstić information content (AvgIpc) is 2.89. The van der Waals surface area contributed by atoms with E-state index in [0.717, 1.165) is 23.5 Å². The van der Waals surface area contributed by atoms with Gasteiger partial charge in [-0.1, -0.05) is 23.2 Å². The number of hydrogen-bond acceptors (Lipinski definition) is 3. The third-order valence-corrected chi connectivity index (χ3v) is 3.90. The van der Waals surface area contributed by atoms with Crippen molar-refractivity contribution in [1.29, 1.82) is 0 Å². The molecule has 1 aliphatic heterocycles. The van der Waals surface area contributed by atoms with E-state index in [1.165, 1.54) is 0 Å². The number of carbonyl (C=O) groups excluding carboxylic acids is 1. The van der Waals surface area contributed by atoms with E-state index in [2.05, 4.69) is 20.6 Å². The third kappa shape index (κ3) is 2.88. The highest BCUT2D eigenvalue weighted by molar-refractivity contribution is 6.39. The Morgan fingerprint density at radius 2 is 2.10 bits per heavy atom. The van der Waals surface area contributed by atoms with E-state index in [0.29, 0.717) is 13.0 Å². The second kappa shape index (κ2) is 5.63. The summed E-state index contributed by atoms with van der Waals surface area (Å²) in [7, 11) is 0. The molecule has 3 N–H and O–H groups in total. The molecular formula is C13H11Cl2FN4O. The normalized spacial score (nSPS) is 17.4. The number of fused-ring (bicyclic) bond motifs is 1. The molecule has 0 saturated heterocycles. The fourth-order valence-electron chi connectivity index (χ4n) is 2.23. The Morgan fingerprint density at radius 3 is 2.81 bits per heavy atom. The number of halogens is 3. The van der Waals surface area contributed by atoms with Gasteiger partial charge >= 0.3 is 0 Å². The number of nitrogens with one attached hydrogen (secondary N) is 3. The largest absolute Gasteiger partial charge is 0.347 e. The van der Waals surface area contributed by atoms with E-state index in [1.807, 2.05) is 0 Å². The van der Waals surface area contributed by atoms with Crippen molar-refractivity contribution in [1.82, 2.24) is 15.3 Å². The molecule has 1 unspecified atom stereocenters. The SMILES string of the molecule is O=C(Nc1c(Cl)cc(F)cc1Cl)C1Cc2nc[nH]c2CN1. The molecule has 0 aliphatic carbocycles. The molecule has 1 atom stereocenters. The minimum atomic E-state index is -0.556. The molecule has 3 rings (SSSR count). The van der Waals surface area contributed by atoms with Crippen LogP contribution >= 0.6 is 23.2 Å². The van der Waals surface area contributed by atoms with Gasteiger partial charge in [0.1, 0.15) is 5.82 Å². The monoisotopic (exact) mass is 328 g/mol. The van der Waals surface area contributed by atoms with Crippen molar-refractivity contribution in [3.8, 4) is 0 Å². The van der Waals surface area contributed by atoms with Crippen molar-refractivity contribution in [2.45, 2.75) is 19.0 Å². The van der Waals surface area contributed by atoms with Crippen LogP contribution < -0.4 is 10.6 Å². The highest BCUT2D eigenvalue weighted by atomic mass is 35.5. The Balaban J connectivity index is 1.76. The molecule has 110 valence electrons. The number of rotatable bonds is 2. The molecule has 0 saturated carbocycles. The number of aromatic nitrogens is 2. The number of imidazole rings is 1. The second-order valence-electron chi connectivity index (χ2n) is 4.70. The molecule has 2 heterocycles. The summed E-state index contributed by atoms with van der Waals surface area (Å²) in [5, 5.41) is 5.84. The first-order valence-corrected chi connectivity index (χ1v) is 7.00. The van der Waals surface area contributed by atoms with Crippen molar-refractivity contribution in [3.05, 3.63) is 45.7 Å². The van der Waals surface area contributed by atoms with E-state index < -0.39 is 11.9 Å². The predicted octanol–water partition coefficient (Wildman–Crippen LogP) is 2.51. The molecule has 2 aromatic rings. The van der Waals surface area contributed by atoms with Gasteiger partial charge in [-0.3, -0.25) is 10.1 Å². The van der Waals surface area contributed by atoms with Crippen LogP contribution in [0.5, 0.6) is 0 Å². The maximum atomic E-state index is 13.1. The third-order valence-electron chi connectivity index (χ3n) is 3.30. The van der Waals surface area contributed by atoms with Crippen LogP contribution in [0, 0.1) is 5.82 Å². The predicted molar refractivity (Wildman–Crippen MR) is 78.0 cm³/mol. The number of H-pyrrole nitrogens is 1. The summed E-state index contributed by atoms with van der Waals surface area (Å²) in [5.74, 6) is -0.848. The van der Waals surface area contributed by atoms with Gasteiger partial charge < -0.3 is 10.3 Å². The van der Waals surface area contributed by atoms with E-state index in [-0.39, 0.29) is 21.6 Å². The number of hydrogen-bond donors (Lipinski definition) is 3. The lowest BCUT2D eigenvalue weighted by molar-refractivity contribution is -0.118. The topological polar surface area (TPSA) is 69.8 Å². The van der Waals surface area contributed by atoms with E-state index in [1.54, 1.807) is 6.33 Å². The summed E-state index contributed by atoms with van der Waals surface area (Å²) in [6.07, 6.45) is 2.06. The standard InChI is InChI=1S/C13H11Cl2FN4O/c14-7-1-6(16)2-8(15)12(7)20-13(21)10-3-9-11(4-17-10)19-5-18-9/h1-2,5,10,17H,3-4H2,(H,18,19)(H,20,21). The maximum Gasteiger partial charge on any atom is 0.242 e. The molecule has 1 aromatic heterocycles. The van der Waals surface area contributed by atoms with E-state index in [4.69, 9.17) is 23.2 Å². The highest BCUT2D eigenvalue weighted by Crippen LogP contribution is 2.31. The van der Waals surface area contributed by atoms with Crippen molar-refractivity contribution in [2.24, 2.45) is 0 Å². The van der Waals surface area contributed by atoms with Crippen LogP contribution in [0.1, 0.15) is 11.4 Å². The summed E-state index contributed by atoms with van der Waals surface area (Å²) >= 11 is 11.8. The molecule has 21 heavy (non-hydrogen) atoms. The number of carbonyl (C=O) groups is 1. The van der Waals surface area contributed by atoms with Gasteiger partial charge in [0.2, 0.25) is 5.91 Å². The van der Waals surface area contributed by atoms with Gasteiger partial charge in [0.05, 0.1) is 39.5 Å². The molecule has 0 fully saturated rings. The minimum absolute atomic E-state index is 0.0598. The quantitative estimate of drug-likeness (QED) is 0.793. The highest BCUT2D eigenvalue weighted by Gasteiger charge is 2.26. The minimum Gasteiger partial charge on any atom is -0.347 e. The van der Waals surface area contributed by atoms with Crippen LogP contribution in [0.15, 0.2) is 18.5 Å². The summed E-state index contributed by atoms with van der Waals surface area (Å²) in [6, 6.07) is 1.75. The van der Waals surface area contributed by atoms with Gasteiger partial charge in [-0.15, -0.1) is 0 Å². The molecule has 0 bridgehead atoms. The summed E-state index contributed by atoms with van der Waals surface area (Å²) in [5.41, 5.74) is 2.03. The zero-order valence-corrected chi connectivity index (χ0v) is 12.2. The molecule has 0 radical (unpaired) electrons. The number of anilines is 1. The first-order valence-electron chi connectivity index (χ1n) is 6.24. The smallest absolute Gasteiger partial charge is 0.242 e. The lowest BCUT2D eigenvalue weighted by Gasteiger charge is -2.22. The lowest BCUT2D eigenvalue weighted by atomic mass is 10.0. The molecule has 0 spiro atoms. The van der Waals surface area contributed by atoms with Gasteiger partial charge in [0.25, 0.3) is 0 Å². The van der Waals surface area contributed by atoms with Gasteiger partial charge in [-0.05, 0) is 12.1 Å². The summed E-state index contributed by atoms with van der Waals surface area (Å²) in [4.78, 5) is 19.4. The van der Waals surface area contributed by atoms with Gasteiger partial charge in [-0.25, -0.2) is 9.37 Å². The van der Waals surface area contributed by atoms with Gasteiger partial charge in [-0.2, -0.15) is 0 Å². The first kappa shape index (κ1) is 14.3. The van der Waals surface area contributed by atoms with Crippen LogP contribution in [0.25, 0.3) is 0 Å². The molecular weight excluding hydrogens is 318 g/mol. The zero-order valence-electron chi connectivity index (χ0n) is 10.7. The summed E-state index contributed by atoms with van der Waals surface area (Å²) < 4.78 is 13.1. The van der Waals surface area contributed by atoms with Crippen molar-refractivity contribution in [2.75, 3.05) is 5.32 Å². The molecule has 1 aromatic carbocycles. The number of benzene rings is 1. The van der Waals surface area contributed by atoms with Crippen LogP contribution in [-0.4, -0.2) is 21.9 Å². The van der Waals surface area contributed by atoms with Gasteiger partial charge in [0, 0.05) is 13.0 Å². The summed E-state index contributed by atoms with van der Waals surface area (Å²) in [6.45, 7) is 0.526. The lowest BCUT2D eigenvalue weighted by Crippen LogP contribution is -2.44. The molecule has 1 amide bonds. The van der Waals surface area contributed by atoms with Crippen LogP contribution in [0.4, 0.5) is 10.1 Å². The van der Waals surface area contributed by atoms with Crippen molar-refractivity contribution < 1.29 is 9.18 Å². The Morgan fingerprint density at radius 1 is 1.38 bits per heavy atom. The van der Waals surface area contributed by atoms with Crippen LogP contribution in [-0.2, 0) is 17.8 Å². The van der Waals surface area contributed by atoms with Crippen molar-refractivity contribution in [3.63, 3.8) is 0 Å². The average molecular weight is 329 g/mol. The van der Waals surface area contributed by atoms with Crippen LogP contribution in [0.3, 0.4) is 0 Å². The number of amides is 1.